The first-order chi connectivity index (χ1) is 19.3. The third kappa shape index (κ3) is 7.28. The number of hydrogen-bond donors (Lipinski definition) is 5. The summed E-state index contributed by atoms with van der Waals surface area (Å²) in [5.74, 6) is -1.66. The average Bonchev–Trinajstić information content (AvgIpc) is 3.25. The van der Waals surface area contributed by atoms with Crippen LogP contribution >= 0.6 is 0 Å². The summed E-state index contributed by atoms with van der Waals surface area (Å²) < 4.78 is 5.47. The Morgan fingerprint density at radius 1 is 1.00 bits per heavy atom. The number of aliphatic hydroxyl groups excluding tert-OH is 1. The standard InChI is InChI=1S/C31H38N2O7/c34-27-16-3-1-2-9-17-31(27,39)19-28(35)32-18-10-8-15-26(29(36)37)33-30(38)40-20-25-23-13-6-4-11-21(23)22-12-5-7-14-24(22)25/h3-7,11-14,16,25-27,34,39H,1-2,8-10,15,17-20H2,(H,32,35)(H,33,38)(H,36,37)/b16-3+/t26-,27?,31?/m0/s1. The van der Waals surface area contributed by atoms with Crippen LogP contribution < -0.4 is 10.6 Å². The van der Waals surface area contributed by atoms with Crippen molar-refractivity contribution >= 4 is 18.0 Å². The molecule has 5 N–H and O–H groups in total. The maximum absolute atomic E-state index is 12.5. The lowest BCUT2D eigenvalue weighted by atomic mass is 9.84. The molecule has 0 saturated carbocycles. The third-order valence-corrected chi connectivity index (χ3v) is 7.74. The Bertz CT molecular complexity index is 1180. The lowest BCUT2D eigenvalue weighted by Crippen LogP contribution is -2.46. The first-order valence-corrected chi connectivity index (χ1v) is 14.0. The van der Waals surface area contributed by atoms with E-state index in [4.69, 9.17) is 4.74 Å². The Labute approximate surface area is 234 Å². The van der Waals surface area contributed by atoms with Gasteiger partial charge in [0.15, 0.2) is 0 Å². The minimum atomic E-state index is -1.50. The molecule has 2 amide bonds. The molecule has 0 saturated heterocycles. The lowest BCUT2D eigenvalue weighted by Gasteiger charge is -2.32. The summed E-state index contributed by atoms with van der Waals surface area (Å²) in [5, 5.41) is 35.8. The highest BCUT2D eigenvalue weighted by Gasteiger charge is 2.36. The van der Waals surface area contributed by atoms with Gasteiger partial charge in [-0.2, -0.15) is 0 Å². The van der Waals surface area contributed by atoms with E-state index in [-0.39, 0.29) is 37.8 Å². The van der Waals surface area contributed by atoms with Crippen LogP contribution in [0.15, 0.2) is 60.7 Å². The molecule has 2 aromatic rings. The van der Waals surface area contributed by atoms with Crippen LogP contribution in [-0.2, 0) is 14.3 Å². The fraction of sp³-hybridized carbons (Fsp3) is 0.452. The number of nitrogens with one attached hydrogen (secondary N) is 2. The van der Waals surface area contributed by atoms with Gasteiger partial charge in [-0.05, 0) is 60.8 Å². The van der Waals surface area contributed by atoms with Crippen LogP contribution in [0.4, 0.5) is 4.79 Å². The molecule has 0 aromatic heterocycles. The van der Waals surface area contributed by atoms with Crippen molar-refractivity contribution < 1.29 is 34.4 Å². The summed E-state index contributed by atoms with van der Waals surface area (Å²) >= 11 is 0. The number of rotatable bonds is 11. The van der Waals surface area contributed by atoms with Crippen molar-refractivity contribution in [2.24, 2.45) is 0 Å². The van der Waals surface area contributed by atoms with Gasteiger partial charge in [-0.25, -0.2) is 9.59 Å². The minimum Gasteiger partial charge on any atom is -0.480 e. The van der Waals surface area contributed by atoms with Gasteiger partial charge in [0, 0.05) is 12.5 Å². The summed E-state index contributed by atoms with van der Waals surface area (Å²) in [4.78, 5) is 36.6. The predicted molar refractivity (Wildman–Crippen MR) is 150 cm³/mol. The van der Waals surface area contributed by atoms with Crippen LogP contribution in [-0.4, -0.2) is 64.2 Å². The van der Waals surface area contributed by atoms with E-state index in [9.17, 15) is 29.7 Å². The van der Waals surface area contributed by atoms with E-state index in [2.05, 4.69) is 10.6 Å². The van der Waals surface area contributed by atoms with E-state index < -0.39 is 29.8 Å². The molecule has 4 rings (SSSR count). The first-order valence-electron chi connectivity index (χ1n) is 14.0. The molecule has 0 spiro atoms. The van der Waals surface area contributed by atoms with Gasteiger partial charge in [-0.1, -0.05) is 67.1 Å². The number of carbonyl (C=O) groups excluding carboxylic acids is 2. The molecule has 9 heteroatoms. The summed E-state index contributed by atoms with van der Waals surface area (Å²) in [6.45, 7) is 0.382. The van der Waals surface area contributed by atoms with Crippen LogP contribution in [0.1, 0.15) is 68.4 Å². The SMILES string of the molecule is O=C(CC1(O)CCCC/C=C/C1O)NCCCC[C@H](NC(=O)OCC1c2ccccc2-c2ccccc21)C(=O)O. The molecule has 0 aliphatic heterocycles. The van der Waals surface area contributed by atoms with Gasteiger partial charge < -0.3 is 30.7 Å². The number of fused-ring (bicyclic) bond motifs is 3. The van der Waals surface area contributed by atoms with Crippen molar-refractivity contribution in [3.8, 4) is 11.1 Å². The molecular formula is C31H38N2O7. The molecule has 0 bridgehead atoms. The number of alkyl carbamates (subject to hydrolysis) is 1. The largest absolute Gasteiger partial charge is 0.480 e. The molecule has 2 aromatic carbocycles. The molecule has 40 heavy (non-hydrogen) atoms. The summed E-state index contributed by atoms with van der Waals surface area (Å²) in [5.41, 5.74) is 2.85. The third-order valence-electron chi connectivity index (χ3n) is 7.74. The highest BCUT2D eigenvalue weighted by molar-refractivity contribution is 5.81. The van der Waals surface area contributed by atoms with Crippen LogP contribution in [0.25, 0.3) is 11.1 Å². The highest BCUT2D eigenvalue weighted by atomic mass is 16.5. The van der Waals surface area contributed by atoms with E-state index in [1.807, 2.05) is 54.6 Å². The van der Waals surface area contributed by atoms with Crippen molar-refractivity contribution in [2.45, 2.75) is 75.0 Å². The monoisotopic (exact) mass is 550 g/mol. The Morgan fingerprint density at radius 3 is 2.35 bits per heavy atom. The van der Waals surface area contributed by atoms with Gasteiger partial charge in [0.25, 0.3) is 0 Å². The first kappa shape index (κ1) is 29.3. The van der Waals surface area contributed by atoms with E-state index in [1.54, 1.807) is 6.08 Å². The lowest BCUT2D eigenvalue weighted by molar-refractivity contribution is -0.139. The quantitative estimate of drug-likeness (QED) is 0.211. The van der Waals surface area contributed by atoms with Crippen molar-refractivity contribution in [3.63, 3.8) is 0 Å². The highest BCUT2D eigenvalue weighted by Crippen LogP contribution is 2.44. The molecular weight excluding hydrogens is 512 g/mol. The number of carboxylic acids is 1. The molecule has 2 aliphatic carbocycles. The number of amides is 2. The van der Waals surface area contributed by atoms with Crippen molar-refractivity contribution in [2.75, 3.05) is 13.2 Å². The number of carbonyl (C=O) groups is 3. The Morgan fingerprint density at radius 2 is 1.68 bits per heavy atom. The molecule has 0 fully saturated rings. The second kappa shape index (κ2) is 13.6. The van der Waals surface area contributed by atoms with E-state index >= 15 is 0 Å². The fourth-order valence-electron chi connectivity index (χ4n) is 5.52. The van der Waals surface area contributed by atoms with Gasteiger partial charge in [0.2, 0.25) is 5.91 Å². The molecule has 3 atom stereocenters. The van der Waals surface area contributed by atoms with Crippen LogP contribution in [0.3, 0.4) is 0 Å². The zero-order valence-corrected chi connectivity index (χ0v) is 22.6. The summed E-state index contributed by atoms with van der Waals surface area (Å²) in [6.07, 6.45) is 5.16. The molecule has 2 unspecified atom stereocenters. The molecule has 2 aliphatic rings. The second-order valence-electron chi connectivity index (χ2n) is 10.6. The van der Waals surface area contributed by atoms with Gasteiger partial charge in [-0.15, -0.1) is 0 Å². The number of hydrogen-bond acceptors (Lipinski definition) is 6. The number of aliphatic carboxylic acids is 1. The van der Waals surface area contributed by atoms with Crippen molar-refractivity contribution in [3.05, 3.63) is 71.8 Å². The van der Waals surface area contributed by atoms with Crippen LogP contribution in [0.5, 0.6) is 0 Å². The van der Waals surface area contributed by atoms with Crippen molar-refractivity contribution in [1.82, 2.24) is 10.6 Å². The predicted octanol–water partition coefficient (Wildman–Crippen LogP) is 3.88. The number of benzene rings is 2. The number of unbranched alkanes of at least 4 members (excludes halogenated alkanes) is 1. The second-order valence-corrected chi connectivity index (χ2v) is 10.6. The number of aliphatic hydroxyl groups is 2. The Kier molecular flexibility index (Phi) is 9.95. The normalized spacial score (nSPS) is 21.7. The topological polar surface area (TPSA) is 145 Å². The molecule has 0 heterocycles. The van der Waals surface area contributed by atoms with E-state index in [1.165, 1.54) is 0 Å². The fourth-order valence-corrected chi connectivity index (χ4v) is 5.52. The van der Waals surface area contributed by atoms with Gasteiger partial charge >= 0.3 is 12.1 Å². The van der Waals surface area contributed by atoms with Crippen LogP contribution in [0, 0.1) is 0 Å². The van der Waals surface area contributed by atoms with Gasteiger partial charge in [0.1, 0.15) is 24.4 Å². The summed E-state index contributed by atoms with van der Waals surface area (Å²) in [7, 11) is 0. The maximum atomic E-state index is 12.5. The van der Waals surface area contributed by atoms with Crippen LogP contribution in [0.2, 0.25) is 0 Å². The zero-order valence-electron chi connectivity index (χ0n) is 22.6. The molecule has 0 radical (unpaired) electrons. The Balaban J connectivity index is 1.19. The van der Waals surface area contributed by atoms with E-state index in [0.717, 1.165) is 41.5 Å². The average molecular weight is 551 g/mol. The summed E-state index contributed by atoms with van der Waals surface area (Å²) in [6, 6.07) is 14.8. The molecule has 214 valence electrons. The van der Waals surface area contributed by atoms with Gasteiger partial charge in [-0.3, -0.25) is 4.79 Å². The number of allylic oxidation sites excluding steroid dienone is 1. The molecule has 9 nitrogen and oxygen atoms in total. The van der Waals surface area contributed by atoms with Crippen molar-refractivity contribution in [1.29, 1.82) is 0 Å². The zero-order chi connectivity index (χ0) is 28.5. The van der Waals surface area contributed by atoms with E-state index in [0.29, 0.717) is 19.3 Å². The Hall–Kier alpha value is -3.69. The number of ether oxygens (including phenoxy) is 1. The smallest absolute Gasteiger partial charge is 0.407 e. The minimum absolute atomic E-state index is 0.0923. The van der Waals surface area contributed by atoms with Gasteiger partial charge in [0.05, 0.1) is 6.42 Å². The number of carboxylic acid groups (broad SMARTS) is 1. The maximum Gasteiger partial charge on any atom is 0.407 e.